The quantitative estimate of drug-likeness (QED) is 0.843. The van der Waals surface area contributed by atoms with Crippen molar-refractivity contribution in [3.8, 4) is 0 Å². The molecule has 4 heteroatoms. The average molecular weight is 261 g/mol. The Hall–Kier alpha value is -0.510. The highest BCUT2D eigenvalue weighted by Gasteiger charge is 2.40. The highest BCUT2D eigenvalue weighted by atomic mass is 79.9. The van der Waals surface area contributed by atoms with Gasteiger partial charge in [0.25, 0.3) is 0 Å². The predicted octanol–water partition coefficient (Wildman–Crippen LogP) is 3.34. The van der Waals surface area contributed by atoms with Gasteiger partial charge in [0.1, 0.15) is 4.47 Å². The SMILES string of the molecule is CC(C)(C)C(C)(C)c1onc(N)c1Br. The number of hydrogen-bond acceptors (Lipinski definition) is 3. The first-order chi connectivity index (χ1) is 6.18. The van der Waals surface area contributed by atoms with Crippen LogP contribution in [0.4, 0.5) is 5.82 Å². The standard InChI is InChI=1S/C10H17BrN2O/c1-9(2,3)10(4,5)7-6(11)8(12)13-14-7/h1-5H3,(H2,12,13). The van der Waals surface area contributed by atoms with Crippen molar-refractivity contribution in [2.24, 2.45) is 5.41 Å². The lowest BCUT2D eigenvalue weighted by molar-refractivity contribution is 0.174. The van der Waals surface area contributed by atoms with Crippen LogP contribution in [-0.4, -0.2) is 5.16 Å². The van der Waals surface area contributed by atoms with Gasteiger partial charge in [-0.3, -0.25) is 0 Å². The van der Waals surface area contributed by atoms with Crippen molar-refractivity contribution >= 4 is 21.7 Å². The van der Waals surface area contributed by atoms with Crippen LogP contribution in [0.25, 0.3) is 0 Å². The van der Waals surface area contributed by atoms with Gasteiger partial charge < -0.3 is 10.3 Å². The summed E-state index contributed by atoms with van der Waals surface area (Å²) < 4.78 is 6.04. The molecule has 0 spiro atoms. The summed E-state index contributed by atoms with van der Waals surface area (Å²) >= 11 is 3.40. The van der Waals surface area contributed by atoms with E-state index in [9.17, 15) is 0 Å². The van der Waals surface area contributed by atoms with Crippen molar-refractivity contribution in [3.63, 3.8) is 0 Å². The Morgan fingerprint density at radius 3 is 2.00 bits per heavy atom. The molecule has 2 N–H and O–H groups in total. The van der Waals surface area contributed by atoms with Crippen LogP contribution < -0.4 is 5.73 Å². The fourth-order valence-electron chi connectivity index (χ4n) is 1.02. The van der Waals surface area contributed by atoms with E-state index >= 15 is 0 Å². The molecule has 0 saturated heterocycles. The van der Waals surface area contributed by atoms with E-state index in [1.54, 1.807) is 0 Å². The number of nitrogens with two attached hydrogens (primary N) is 1. The molecule has 3 nitrogen and oxygen atoms in total. The molecule has 0 bridgehead atoms. The van der Waals surface area contributed by atoms with E-state index in [4.69, 9.17) is 10.3 Å². The topological polar surface area (TPSA) is 52.0 Å². The van der Waals surface area contributed by atoms with E-state index < -0.39 is 0 Å². The molecule has 0 aliphatic rings. The number of halogens is 1. The predicted molar refractivity (Wildman–Crippen MR) is 61.1 cm³/mol. The lowest BCUT2D eigenvalue weighted by atomic mass is 9.68. The van der Waals surface area contributed by atoms with Crippen molar-refractivity contribution in [3.05, 3.63) is 10.2 Å². The second-order valence-electron chi connectivity index (χ2n) is 5.09. The molecule has 0 saturated carbocycles. The minimum Gasteiger partial charge on any atom is -0.380 e. The van der Waals surface area contributed by atoms with Crippen molar-refractivity contribution in [1.82, 2.24) is 5.16 Å². The number of rotatable bonds is 1. The molecule has 0 unspecified atom stereocenters. The van der Waals surface area contributed by atoms with Crippen LogP contribution in [-0.2, 0) is 5.41 Å². The maximum Gasteiger partial charge on any atom is 0.181 e. The average Bonchev–Trinajstić information content (AvgIpc) is 2.30. The second kappa shape index (κ2) is 3.26. The maximum atomic E-state index is 5.63. The first-order valence-electron chi connectivity index (χ1n) is 4.59. The molecule has 0 atom stereocenters. The summed E-state index contributed by atoms with van der Waals surface area (Å²) in [4.78, 5) is 0. The third-order valence-electron chi connectivity index (χ3n) is 3.10. The molecule has 0 amide bonds. The van der Waals surface area contributed by atoms with Crippen LogP contribution >= 0.6 is 15.9 Å². The zero-order chi connectivity index (χ0) is 11.1. The Morgan fingerprint density at radius 2 is 1.71 bits per heavy atom. The number of nitrogen functional groups attached to an aromatic ring is 1. The molecule has 1 aromatic heterocycles. The van der Waals surface area contributed by atoms with Gasteiger partial charge in [-0.15, -0.1) is 0 Å². The van der Waals surface area contributed by atoms with Gasteiger partial charge in [-0.25, -0.2) is 0 Å². The normalized spacial score (nSPS) is 13.3. The van der Waals surface area contributed by atoms with Crippen LogP contribution in [0.2, 0.25) is 0 Å². The third-order valence-corrected chi connectivity index (χ3v) is 3.87. The van der Waals surface area contributed by atoms with E-state index in [-0.39, 0.29) is 10.8 Å². The number of hydrogen-bond donors (Lipinski definition) is 1. The Kier molecular flexibility index (Phi) is 2.69. The van der Waals surface area contributed by atoms with Gasteiger partial charge in [0.15, 0.2) is 11.6 Å². The van der Waals surface area contributed by atoms with Crippen LogP contribution in [0.3, 0.4) is 0 Å². The van der Waals surface area contributed by atoms with Crippen molar-refractivity contribution in [2.75, 3.05) is 5.73 Å². The number of nitrogens with zero attached hydrogens (tertiary/aromatic N) is 1. The lowest BCUT2D eigenvalue weighted by Gasteiger charge is -2.36. The third kappa shape index (κ3) is 1.67. The number of aromatic nitrogens is 1. The molecular weight excluding hydrogens is 244 g/mol. The van der Waals surface area contributed by atoms with Crippen molar-refractivity contribution < 1.29 is 4.52 Å². The molecule has 0 radical (unpaired) electrons. The molecule has 80 valence electrons. The first kappa shape index (κ1) is 11.6. The highest BCUT2D eigenvalue weighted by Crippen LogP contribution is 2.44. The van der Waals surface area contributed by atoms with Crippen LogP contribution in [0.5, 0.6) is 0 Å². The highest BCUT2D eigenvalue weighted by molar-refractivity contribution is 9.10. The second-order valence-corrected chi connectivity index (χ2v) is 5.88. The summed E-state index contributed by atoms with van der Waals surface area (Å²) in [6.07, 6.45) is 0. The molecule has 1 rings (SSSR count). The van der Waals surface area contributed by atoms with Gasteiger partial charge in [-0.05, 0) is 21.3 Å². The fraction of sp³-hybridized carbons (Fsp3) is 0.700. The minimum atomic E-state index is -0.115. The minimum absolute atomic E-state index is 0.0848. The molecule has 0 aromatic carbocycles. The Morgan fingerprint density at radius 1 is 1.21 bits per heavy atom. The maximum absolute atomic E-state index is 5.63. The van der Waals surface area contributed by atoms with Crippen LogP contribution in [0, 0.1) is 5.41 Å². The van der Waals surface area contributed by atoms with E-state index in [0.29, 0.717) is 5.82 Å². The smallest absolute Gasteiger partial charge is 0.181 e. The summed E-state index contributed by atoms with van der Waals surface area (Å²) in [7, 11) is 0. The summed E-state index contributed by atoms with van der Waals surface area (Å²) in [5.74, 6) is 1.22. The first-order valence-corrected chi connectivity index (χ1v) is 5.38. The van der Waals surface area contributed by atoms with Crippen LogP contribution in [0.15, 0.2) is 9.00 Å². The van der Waals surface area contributed by atoms with E-state index in [0.717, 1.165) is 10.2 Å². The number of anilines is 1. The van der Waals surface area contributed by atoms with E-state index in [1.165, 1.54) is 0 Å². The molecule has 14 heavy (non-hydrogen) atoms. The molecule has 1 heterocycles. The largest absolute Gasteiger partial charge is 0.380 e. The Balaban J connectivity index is 3.23. The van der Waals surface area contributed by atoms with E-state index in [1.807, 2.05) is 0 Å². The molecule has 0 aliphatic heterocycles. The van der Waals surface area contributed by atoms with Crippen molar-refractivity contribution in [1.29, 1.82) is 0 Å². The molecule has 0 fully saturated rings. The van der Waals surface area contributed by atoms with Gasteiger partial charge >= 0.3 is 0 Å². The Labute approximate surface area is 93.2 Å². The van der Waals surface area contributed by atoms with Gasteiger partial charge in [-0.1, -0.05) is 39.8 Å². The summed E-state index contributed by atoms with van der Waals surface area (Å²) in [5, 5.41) is 3.75. The fourth-order valence-corrected chi connectivity index (χ4v) is 1.66. The zero-order valence-corrected chi connectivity index (χ0v) is 10.9. The molecule has 1 aromatic rings. The van der Waals surface area contributed by atoms with Gasteiger partial charge in [0.2, 0.25) is 0 Å². The van der Waals surface area contributed by atoms with Gasteiger partial charge in [0, 0.05) is 5.41 Å². The van der Waals surface area contributed by atoms with Crippen LogP contribution in [0.1, 0.15) is 40.4 Å². The monoisotopic (exact) mass is 260 g/mol. The van der Waals surface area contributed by atoms with Gasteiger partial charge in [0.05, 0.1) is 0 Å². The van der Waals surface area contributed by atoms with Gasteiger partial charge in [-0.2, -0.15) is 0 Å². The zero-order valence-electron chi connectivity index (χ0n) is 9.31. The molecule has 0 aliphatic carbocycles. The summed E-state index contributed by atoms with van der Waals surface area (Å²) in [6.45, 7) is 10.7. The summed E-state index contributed by atoms with van der Waals surface area (Å²) in [6, 6.07) is 0. The van der Waals surface area contributed by atoms with E-state index in [2.05, 4.69) is 55.7 Å². The molecular formula is C10H17BrN2O. The lowest BCUT2D eigenvalue weighted by Crippen LogP contribution is -2.33. The summed E-state index contributed by atoms with van der Waals surface area (Å²) in [5.41, 5.74) is 5.60. The Bertz CT molecular complexity index is 336. The van der Waals surface area contributed by atoms with Crippen molar-refractivity contribution in [2.45, 2.75) is 40.0 Å².